The number of anilines is 1. The van der Waals surface area contributed by atoms with Gasteiger partial charge < -0.3 is 4.90 Å². The standard InChI is InChI=1S/C10H15N3/c1-8(2)9-6-11-10(12-7-9)13-4-3-5-13/h6-8H,3-5H2,1-2H3. The molecule has 0 bridgehead atoms. The molecule has 0 spiro atoms. The zero-order valence-corrected chi connectivity index (χ0v) is 8.20. The summed E-state index contributed by atoms with van der Waals surface area (Å²) in [6.07, 6.45) is 5.14. The number of hydrogen-bond donors (Lipinski definition) is 0. The van der Waals surface area contributed by atoms with E-state index in [0.717, 1.165) is 19.0 Å². The van der Waals surface area contributed by atoms with Crippen molar-refractivity contribution in [1.82, 2.24) is 9.97 Å². The second-order valence-corrected chi connectivity index (χ2v) is 3.81. The van der Waals surface area contributed by atoms with Crippen molar-refractivity contribution in [3.8, 4) is 0 Å². The van der Waals surface area contributed by atoms with Crippen LogP contribution in [0.3, 0.4) is 0 Å². The molecule has 1 aromatic heterocycles. The molecule has 3 nitrogen and oxygen atoms in total. The molecular weight excluding hydrogens is 162 g/mol. The fraction of sp³-hybridized carbons (Fsp3) is 0.600. The van der Waals surface area contributed by atoms with Crippen molar-refractivity contribution in [3.63, 3.8) is 0 Å². The molecule has 2 rings (SSSR count). The Labute approximate surface area is 78.8 Å². The van der Waals surface area contributed by atoms with Gasteiger partial charge in [-0.3, -0.25) is 0 Å². The maximum atomic E-state index is 4.34. The van der Waals surface area contributed by atoms with E-state index in [9.17, 15) is 0 Å². The van der Waals surface area contributed by atoms with Gasteiger partial charge in [0.1, 0.15) is 0 Å². The Balaban J connectivity index is 2.13. The Kier molecular flexibility index (Phi) is 2.17. The van der Waals surface area contributed by atoms with Gasteiger partial charge in [0.25, 0.3) is 0 Å². The smallest absolute Gasteiger partial charge is 0.225 e. The fourth-order valence-corrected chi connectivity index (χ4v) is 1.31. The van der Waals surface area contributed by atoms with Gasteiger partial charge in [0.2, 0.25) is 5.95 Å². The van der Waals surface area contributed by atoms with Crippen molar-refractivity contribution >= 4 is 5.95 Å². The maximum Gasteiger partial charge on any atom is 0.225 e. The van der Waals surface area contributed by atoms with Gasteiger partial charge in [0.15, 0.2) is 0 Å². The highest BCUT2D eigenvalue weighted by atomic mass is 15.3. The minimum Gasteiger partial charge on any atom is -0.341 e. The van der Waals surface area contributed by atoms with E-state index in [1.165, 1.54) is 12.0 Å². The second-order valence-electron chi connectivity index (χ2n) is 3.81. The van der Waals surface area contributed by atoms with Crippen LogP contribution in [0.5, 0.6) is 0 Å². The van der Waals surface area contributed by atoms with Crippen LogP contribution in [0, 0.1) is 0 Å². The van der Waals surface area contributed by atoms with Crippen LogP contribution in [0.25, 0.3) is 0 Å². The van der Waals surface area contributed by atoms with Crippen molar-refractivity contribution in [2.75, 3.05) is 18.0 Å². The van der Waals surface area contributed by atoms with E-state index in [4.69, 9.17) is 0 Å². The number of nitrogens with zero attached hydrogens (tertiary/aromatic N) is 3. The van der Waals surface area contributed by atoms with Crippen LogP contribution in [-0.4, -0.2) is 23.1 Å². The van der Waals surface area contributed by atoms with Crippen molar-refractivity contribution in [1.29, 1.82) is 0 Å². The maximum absolute atomic E-state index is 4.34. The van der Waals surface area contributed by atoms with Crippen LogP contribution in [-0.2, 0) is 0 Å². The molecule has 1 aromatic rings. The summed E-state index contributed by atoms with van der Waals surface area (Å²) in [5.41, 5.74) is 1.21. The van der Waals surface area contributed by atoms with Gasteiger partial charge in [0, 0.05) is 25.5 Å². The normalized spacial score (nSPS) is 16.1. The van der Waals surface area contributed by atoms with Gasteiger partial charge >= 0.3 is 0 Å². The highest BCUT2D eigenvalue weighted by Crippen LogP contribution is 2.17. The third-order valence-corrected chi connectivity index (χ3v) is 2.46. The van der Waals surface area contributed by atoms with E-state index >= 15 is 0 Å². The van der Waals surface area contributed by atoms with E-state index in [2.05, 4.69) is 28.7 Å². The quantitative estimate of drug-likeness (QED) is 0.690. The Morgan fingerprint density at radius 1 is 1.23 bits per heavy atom. The third-order valence-electron chi connectivity index (χ3n) is 2.46. The van der Waals surface area contributed by atoms with E-state index < -0.39 is 0 Å². The van der Waals surface area contributed by atoms with Crippen molar-refractivity contribution in [2.24, 2.45) is 0 Å². The predicted octanol–water partition coefficient (Wildman–Crippen LogP) is 1.81. The molecule has 0 unspecified atom stereocenters. The van der Waals surface area contributed by atoms with Gasteiger partial charge in [-0.15, -0.1) is 0 Å². The first-order valence-corrected chi connectivity index (χ1v) is 4.84. The number of hydrogen-bond acceptors (Lipinski definition) is 3. The van der Waals surface area contributed by atoms with Crippen LogP contribution in [0.15, 0.2) is 12.4 Å². The molecule has 3 heteroatoms. The van der Waals surface area contributed by atoms with Crippen LogP contribution in [0.2, 0.25) is 0 Å². The molecule has 70 valence electrons. The van der Waals surface area contributed by atoms with E-state index in [0.29, 0.717) is 5.92 Å². The lowest BCUT2D eigenvalue weighted by molar-refractivity contribution is 0.599. The summed E-state index contributed by atoms with van der Waals surface area (Å²) in [4.78, 5) is 10.9. The molecule has 1 fully saturated rings. The molecule has 1 aliphatic rings. The lowest BCUT2D eigenvalue weighted by Gasteiger charge is -2.30. The molecule has 1 saturated heterocycles. The van der Waals surface area contributed by atoms with Gasteiger partial charge in [-0.05, 0) is 17.9 Å². The Morgan fingerprint density at radius 2 is 1.85 bits per heavy atom. The van der Waals surface area contributed by atoms with Gasteiger partial charge in [0.05, 0.1) is 0 Å². The third kappa shape index (κ3) is 1.64. The fourth-order valence-electron chi connectivity index (χ4n) is 1.31. The van der Waals surface area contributed by atoms with Crippen LogP contribution >= 0.6 is 0 Å². The first kappa shape index (κ1) is 8.48. The molecule has 13 heavy (non-hydrogen) atoms. The summed E-state index contributed by atoms with van der Waals surface area (Å²) in [5, 5.41) is 0. The first-order valence-electron chi connectivity index (χ1n) is 4.84. The highest BCUT2D eigenvalue weighted by Gasteiger charge is 2.16. The molecule has 0 radical (unpaired) electrons. The Hall–Kier alpha value is -1.12. The molecule has 1 aliphatic heterocycles. The SMILES string of the molecule is CC(C)c1cnc(N2CCC2)nc1. The number of rotatable bonds is 2. The van der Waals surface area contributed by atoms with Gasteiger partial charge in [-0.1, -0.05) is 13.8 Å². The lowest BCUT2D eigenvalue weighted by atomic mass is 10.1. The van der Waals surface area contributed by atoms with E-state index in [1.54, 1.807) is 0 Å². The molecule has 0 saturated carbocycles. The van der Waals surface area contributed by atoms with Gasteiger partial charge in [-0.25, -0.2) is 9.97 Å². The average Bonchev–Trinajstić information content (AvgIpc) is 2.02. The van der Waals surface area contributed by atoms with Crippen LogP contribution in [0.4, 0.5) is 5.95 Å². The number of aromatic nitrogens is 2. The predicted molar refractivity (Wildman–Crippen MR) is 53.0 cm³/mol. The molecule has 0 aliphatic carbocycles. The molecule has 0 amide bonds. The molecule has 2 heterocycles. The summed E-state index contributed by atoms with van der Waals surface area (Å²) in [5.74, 6) is 1.40. The Bertz CT molecular complexity index is 275. The average molecular weight is 177 g/mol. The lowest BCUT2D eigenvalue weighted by Crippen LogP contribution is -2.38. The summed E-state index contributed by atoms with van der Waals surface area (Å²) >= 11 is 0. The highest BCUT2D eigenvalue weighted by molar-refractivity contribution is 5.33. The largest absolute Gasteiger partial charge is 0.341 e. The molecule has 0 atom stereocenters. The van der Waals surface area contributed by atoms with E-state index in [-0.39, 0.29) is 0 Å². The molecule has 0 aromatic carbocycles. The molecule has 0 N–H and O–H groups in total. The molecular formula is C10H15N3. The monoisotopic (exact) mass is 177 g/mol. The van der Waals surface area contributed by atoms with Crippen LogP contribution in [0.1, 0.15) is 31.7 Å². The summed E-state index contributed by atoms with van der Waals surface area (Å²) in [6, 6.07) is 0. The Morgan fingerprint density at radius 3 is 2.23 bits per heavy atom. The first-order chi connectivity index (χ1) is 6.27. The van der Waals surface area contributed by atoms with Crippen molar-refractivity contribution in [2.45, 2.75) is 26.2 Å². The summed E-state index contributed by atoms with van der Waals surface area (Å²) < 4.78 is 0. The second kappa shape index (κ2) is 3.32. The van der Waals surface area contributed by atoms with Gasteiger partial charge in [-0.2, -0.15) is 0 Å². The minimum absolute atomic E-state index is 0.519. The summed E-state index contributed by atoms with van der Waals surface area (Å²) in [7, 11) is 0. The topological polar surface area (TPSA) is 29.0 Å². The van der Waals surface area contributed by atoms with Crippen LogP contribution < -0.4 is 4.90 Å². The summed E-state index contributed by atoms with van der Waals surface area (Å²) in [6.45, 7) is 6.53. The minimum atomic E-state index is 0.519. The zero-order chi connectivity index (χ0) is 9.26. The van der Waals surface area contributed by atoms with Crippen molar-refractivity contribution in [3.05, 3.63) is 18.0 Å². The van der Waals surface area contributed by atoms with E-state index in [1.807, 2.05) is 12.4 Å². The van der Waals surface area contributed by atoms with Crippen molar-refractivity contribution < 1.29 is 0 Å². The zero-order valence-electron chi connectivity index (χ0n) is 8.20.